The number of hydrogen-bond donors (Lipinski definition) is 1. The zero-order chi connectivity index (χ0) is 14.3. The number of rotatable bonds is 6. The largest absolute Gasteiger partial charge is 0.375 e. The van der Waals surface area contributed by atoms with Gasteiger partial charge in [0.1, 0.15) is 6.61 Å². The van der Waals surface area contributed by atoms with Crippen LogP contribution in [0.2, 0.25) is 5.02 Å². The van der Waals surface area contributed by atoms with Gasteiger partial charge in [0.25, 0.3) is 6.43 Å². The normalized spacial score (nSPS) is 10.3. The predicted octanol–water partition coefficient (Wildman–Crippen LogP) is 2.82. The smallest absolute Gasteiger partial charge is 0.261 e. The van der Waals surface area contributed by atoms with E-state index >= 15 is 0 Å². The molecular weight excluding hydrogens is 278 g/mol. The minimum absolute atomic E-state index is 0.0696. The van der Waals surface area contributed by atoms with E-state index in [0.29, 0.717) is 16.3 Å². The monoisotopic (exact) mass is 288 g/mol. The number of nitrogens with one attached hydrogen (secondary N) is 1. The topological polar surface area (TPSA) is 62.1 Å². The Hall–Kier alpha value is -1.71. The number of nitrogens with zero attached hydrogens (tertiary/aromatic N) is 1. The maximum atomic E-state index is 11.8. The molecule has 4 nitrogen and oxygen atoms in total. The maximum Gasteiger partial charge on any atom is 0.261 e. The average molecular weight is 289 g/mol. The molecule has 0 atom stereocenters. The summed E-state index contributed by atoms with van der Waals surface area (Å²) in [6.07, 6.45) is -2.62. The third kappa shape index (κ3) is 5.64. The second-order valence-electron chi connectivity index (χ2n) is 3.57. The molecule has 1 rings (SSSR count). The number of benzene rings is 1. The Bertz CT molecular complexity index is 489. The van der Waals surface area contributed by atoms with E-state index < -0.39 is 18.9 Å². The van der Waals surface area contributed by atoms with Gasteiger partial charge in [-0.1, -0.05) is 11.6 Å². The summed E-state index contributed by atoms with van der Waals surface area (Å²) in [5.41, 5.74) is 0.660. The van der Waals surface area contributed by atoms with Crippen LogP contribution in [-0.2, 0) is 9.53 Å². The van der Waals surface area contributed by atoms with Gasteiger partial charge in [0.15, 0.2) is 0 Å². The molecule has 7 heteroatoms. The van der Waals surface area contributed by atoms with Crippen molar-refractivity contribution in [3.8, 4) is 6.07 Å². The molecule has 0 aliphatic heterocycles. The van der Waals surface area contributed by atoms with Gasteiger partial charge >= 0.3 is 0 Å². The minimum atomic E-state index is -2.55. The Morgan fingerprint density at radius 2 is 2.26 bits per heavy atom. The molecule has 0 saturated heterocycles. The molecule has 0 aliphatic carbocycles. The molecule has 0 aliphatic rings. The van der Waals surface area contributed by atoms with Crippen molar-refractivity contribution >= 4 is 23.2 Å². The van der Waals surface area contributed by atoms with Gasteiger partial charge in [0.05, 0.1) is 35.4 Å². The van der Waals surface area contributed by atoms with Crippen LogP contribution in [0.5, 0.6) is 0 Å². The van der Waals surface area contributed by atoms with Crippen LogP contribution in [0.25, 0.3) is 0 Å². The number of anilines is 1. The summed E-state index contributed by atoms with van der Waals surface area (Å²) in [5, 5.41) is 11.5. The van der Waals surface area contributed by atoms with Crippen LogP contribution < -0.4 is 5.32 Å². The average Bonchev–Trinajstić information content (AvgIpc) is 2.37. The maximum absolute atomic E-state index is 11.8. The predicted molar refractivity (Wildman–Crippen MR) is 66.2 cm³/mol. The Labute approximate surface area is 113 Å². The van der Waals surface area contributed by atoms with Crippen molar-refractivity contribution in [2.24, 2.45) is 0 Å². The summed E-state index contributed by atoms with van der Waals surface area (Å²) in [6.45, 7) is -0.802. The second-order valence-corrected chi connectivity index (χ2v) is 3.98. The van der Waals surface area contributed by atoms with Crippen molar-refractivity contribution in [3.05, 3.63) is 28.8 Å². The fourth-order valence-electron chi connectivity index (χ4n) is 1.24. The highest BCUT2D eigenvalue weighted by Crippen LogP contribution is 2.22. The third-order valence-electron chi connectivity index (χ3n) is 2.09. The zero-order valence-electron chi connectivity index (χ0n) is 9.83. The molecular formula is C12H11ClF2N2O2. The van der Waals surface area contributed by atoms with Crippen LogP contribution >= 0.6 is 11.6 Å². The molecule has 0 unspecified atom stereocenters. The van der Waals surface area contributed by atoms with Crippen molar-refractivity contribution in [2.45, 2.75) is 12.8 Å². The molecule has 0 radical (unpaired) electrons. The van der Waals surface area contributed by atoms with Crippen molar-refractivity contribution < 1.29 is 18.3 Å². The molecule has 1 aromatic rings. The molecule has 1 amide bonds. The first kappa shape index (κ1) is 15.3. The standard InChI is InChI=1S/C12H11ClF2N2O2/c13-9-2-1-8(6-16)5-10(9)17-12(18)3-4-19-7-11(14)15/h1-2,5,11H,3-4,7H2,(H,17,18). The van der Waals surface area contributed by atoms with Gasteiger partial charge in [-0.25, -0.2) is 8.78 Å². The molecule has 0 bridgehead atoms. The summed E-state index contributed by atoms with van der Waals surface area (Å²) in [4.78, 5) is 11.5. The Morgan fingerprint density at radius 3 is 2.89 bits per heavy atom. The lowest BCUT2D eigenvalue weighted by Crippen LogP contribution is -2.16. The van der Waals surface area contributed by atoms with E-state index in [9.17, 15) is 13.6 Å². The molecule has 0 fully saturated rings. The second kappa shape index (κ2) is 7.67. The third-order valence-corrected chi connectivity index (χ3v) is 2.42. The van der Waals surface area contributed by atoms with Crippen LogP contribution in [0.4, 0.5) is 14.5 Å². The fraction of sp³-hybridized carbons (Fsp3) is 0.333. The molecule has 19 heavy (non-hydrogen) atoms. The number of nitriles is 1. The van der Waals surface area contributed by atoms with E-state index in [1.165, 1.54) is 18.2 Å². The van der Waals surface area contributed by atoms with Crippen LogP contribution in [-0.4, -0.2) is 25.5 Å². The quantitative estimate of drug-likeness (QED) is 0.819. The number of ether oxygens (including phenoxy) is 1. The molecule has 0 saturated carbocycles. The van der Waals surface area contributed by atoms with Gasteiger partial charge in [-0.05, 0) is 18.2 Å². The summed E-state index contributed by atoms with van der Waals surface area (Å²) < 4.78 is 28.1. The van der Waals surface area contributed by atoms with Crippen LogP contribution in [0, 0.1) is 11.3 Å². The van der Waals surface area contributed by atoms with Gasteiger partial charge in [-0.3, -0.25) is 4.79 Å². The van der Waals surface area contributed by atoms with E-state index in [-0.39, 0.29) is 13.0 Å². The SMILES string of the molecule is N#Cc1ccc(Cl)c(NC(=O)CCOCC(F)F)c1. The lowest BCUT2D eigenvalue weighted by Gasteiger charge is -2.08. The van der Waals surface area contributed by atoms with Crippen molar-refractivity contribution in [1.29, 1.82) is 5.26 Å². The van der Waals surface area contributed by atoms with Crippen LogP contribution in [0.15, 0.2) is 18.2 Å². The summed E-state index contributed by atoms with van der Waals surface area (Å²) in [5.74, 6) is -0.425. The lowest BCUT2D eigenvalue weighted by molar-refractivity contribution is -0.117. The highest BCUT2D eigenvalue weighted by molar-refractivity contribution is 6.33. The number of carbonyl (C=O) groups excluding carboxylic acids is 1. The van der Waals surface area contributed by atoms with Gasteiger partial charge in [-0.15, -0.1) is 0 Å². The molecule has 0 heterocycles. The van der Waals surface area contributed by atoms with E-state index in [2.05, 4.69) is 10.1 Å². The highest BCUT2D eigenvalue weighted by atomic mass is 35.5. The number of alkyl halides is 2. The fourth-order valence-corrected chi connectivity index (χ4v) is 1.41. The van der Waals surface area contributed by atoms with Crippen molar-refractivity contribution in [1.82, 2.24) is 0 Å². The van der Waals surface area contributed by atoms with E-state index in [0.717, 1.165) is 0 Å². The number of carbonyl (C=O) groups is 1. The summed E-state index contributed by atoms with van der Waals surface area (Å²) in [6, 6.07) is 6.35. The first-order chi connectivity index (χ1) is 9.02. The van der Waals surface area contributed by atoms with Crippen molar-refractivity contribution in [3.63, 3.8) is 0 Å². The van der Waals surface area contributed by atoms with Gasteiger partial charge < -0.3 is 10.1 Å². The molecule has 1 N–H and O–H groups in total. The van der Waals surface area contributed by atoms with Crippen LogP contribution in [0.3, 0.4) is 0 Å². The molecule has 102 valence electrons. The van der Waals surface area contributed by atoms with E-state index in [1.54, 1.807) is 0 Å². The lowest BCUT2D eigenvalue weighted by atomic mass is 10.2. The van der Waals surface area contributed by atoms with Crippen LogP contribution in [0.1, 0.15) is 12.0 Å². The highest BCUT2D eigenvalue weighted by Gasteiger charge is 2.08. The number of hydrogen-bond acceptors (Lipinski definition) is 3. The summed E-state index contributed by atoms with van der Waals surface area (Å²) >= 11 is 5.85. The minimum Gasteiger partial charge on any atom is -0.375 e. The van der Waals surface area contributed by atoms with Gasteiger partial charge in [0, 0.05) is 0 Å². The Kier molecular flexibility index (Phi) is 6.19. The number of amides is 1. The number of halogens is 3. The first-order valence-electron chi connectivity index (χ1n) is 5.38. The first-order valence-corrected chi connectivity index (χ1v) is 5.76. The summed E-state index contributed by atoms with van der Waals surface area (Å²) in [7, 11) is 0. The Morgan fingerprint density at radius 1 is 1.53 bits per heavy atom. The molecule has 0 aromatic heterocycles. The van der Waals surface area contributed by atoms with Gasteiger partial charge in [0.2, 0.25) is 5.91 Å². The van der Waals surface area contributed by atoms with Gasteiger partial charge in [-0.2, -0.15) is 5.26 Å². The molecule has 0 spiro atoms. The van der Waals surface area contributed by atoms with Crippen molar-refractivity contribution in [2.75, 3.05) is 18.5 Å². The van der Waals surface area contributed by atoms with E-state index in [1.807, 2.05) is 6.07 Å². The van der Waals surface area contributed by atoms with E-state index in [4.69, 9.17) is 16.9 Å². The molecule has 1 aromatic carbocycles. The Balaban J connectivity index is 2.46. The zero-order valence-corrected chi connectivity index (χ0v) is 10.6.